The minimum Gasteiger partial charge on any atom is -0.378 e. The van der Waals surface area contributed by atoms with Crippen molar-refractivity contribution >= 4 is 23.2 Å². The maximum Gasteiger partial charge on any atom is 0.273 e. The molecule has 0 saturated carbocycles. The summed E-state index contributed by atoms with van der Waals surface area (Å²) in [6.07, 6.45) is 2.36. The number of carbonyl (C=O) groups excluding carboxylic acids is 2. The standard InChI is InChI=1S/C19H27N5O3S/c1-4-24-16(5-6-20-24)17(25)21-14(11-13(2)3)18-22-15(12-28-18)19(26)23-7-9-27-10-8-23/h5-6,12-14H,4,7-11H2,1-3H3,(H,21,25)/t14-/m0/s1. The predicted octanol–water partition coefficient (Wildman–Crippen LogP) is 2.35. The molecule has 1 aliphatic heterocycles. The minimum atomic E-state index is -0.246. The van der Waals surface area contributed by atoms with Crippen LogP contribution in [0.5, 0.6) is 0 Å². The number of aromatic nitrogens is 3. The lowest BCUT2D eigenvalue weighted by atomic mass is 10.0. The summed E-state index contributed by atoms with van der Waals surface area (Å²) < 4.78 is 6.97. The summed E-state index contributed by atoms with van der Waals surface area (Å²) >= 11 is 1.41. The molecule has 3 heterocycles. The summed E-state index contributed by atoms with van der Waals surface area (Å²) in [5, 5.41) is 9.77. The first-order valence-electron chi connectivity index (χ1n) is 9.64. The van der Waals surface area contributed by atoms with Crippen LogP contribution >= 0.6 is 11.3 Å². The topological polar surface area (TPSA) is 89.3 Å². The summed E-state index contributed by atoms with van der Waals surface area (Å²) in [6, 6.07) is 1.46. The maximum absolute atomic E-state index is 12.8. The Morgan fingerprint density at radius 2 is 2.07 bits per heavy atom. The Labute approximate surface area is 168 Å². The molecule has 2 amide bonds. The normalized spacial score (nSPS) is 15.6. The molecular weight excluding hydrogens is 378 g/mol. The largest absolute Gasteiger partial charge is 0.378 e. The number of nitrogens with zero attached hydrogens (tertiary/aromatic N) is 4. The lowest BCUT2D eigenvalue weighted by molar-refractivity contribution is 0.0299. The Hall–Kier alpha value is -2.26. The first-order valence-corrected chi connectivity index (χ1v) is 10.5. The Balaban J connectivity index is 1.75. The van der Waals surface area contributed by atoms with Crippen LogP contribution in [-0.2, 0) is 11.3 Å². The van der Waals surface area contributed by atoms with Gasteiger partial charge in [-0.3, -0.25) is 14.3 Å². The number of rotatable bonds is 7. The Morgan fingerprint density at radius 1 is 1.32 bits per heavy atom. The van der Waals surface area contributed by atoms with Gasteiger partial charge in [0.25, 0.3) is 11.8 Å². The van der Waals surface area contributed by atoms with E-state index in [2.05, 4.69) is 29.2 Å². The van der Waals surface area contributed by atoms with Gasteiger partial charge in [0.15, 0.2) is 0 Å². The summed E-state index contributed by atoms with van der Waals surface area (Å²) in [5.41, 5.74) is 0.959. The van der Waals surface area contributed by atoms with E-state index < -0.39 is 0 Å². The highest BCUT2D eigenvalue weighted by Gasteiger charge is 2.25. The number of hydrogen-bond acceptors (Lipinski definition) is 6. The van der Waals surface area contributed by atoms with Crippen LogP contribution in [0.25, 0.3) is 0 Å². The van der Waals surface area contributed by atoms with E-state index in [1.807, 2.05) is 6.92 Å². The second-order valence-corrected chi connectivity index (χ2v) is 8.05. The summed E-state index contributed by atoms with van der Waals surface area (Å²) in [4.78, 5) is 31.7. The fraction of sp³-hybridized carbons (Fsp3) is 0.579. The molecule has 0 radical (unpaired) electrons. The molecule has 1 saturated heterocycles. The van der Waals surface area contributed by atoms with Crippen molar-refractivity contribution in [1.29, 1.82) is 0 Å². The molecule has 0 aromatic carbocycles. The average molecular weight is 406 g/mol. The quantitative estimate of drug-likeness (QED) is 0.764. The number of hydrogen-bond donors (Lipinski definition) is 1. The predicted molar refractivity (Wildman–Crippen MR) is 106 cm³/mol. The zero-order valence-corrected chi connectivity index (χ0v) is 17.4. The lowest BCUT2D eigenvalue weighted by Crippen LogP contribution is -2.40. The molecule has 1 fully saturated rings. The fourth-order valence-electron chi connectivity index (χ4n) is 3.18. The van der Waals surface area contributed by atoms with Crippen molar-refractivity contribution < 1.29 is 14.3 Å². The van der Waals surface area contributed by atoms with Crippen LogP contribution in [0.1, 0.15) is 59.2 Å². The van der Waals surface area contributed by atoms with Crippen LogP contribution in [0.15, 0.2) is 17.6 Å². The Morgan fingerprint density at radius 3 is 2.75 bits per heavy atom. The lowest BCUT2D eigenvalue weighted by Gasteiger charge is -2.26. The molecule has 2 aromatic heterocycles. The smallest absolute Gasteiger partial charge is 0.273 e. The number of ether oxygens (including phenoxy) is 1. The van der Waals surface area contributed by atoms with Crippen molar-refractivity contribution in [1.82, 2.24) is 25.0 Å². The first kappa shape index (κ1) is 20.5. The molecule has 0 spiro atoms. The summed E-state index contributed by atoms with van der Waals surface area (Å²) in [7, 11) is 0. The molecule has 3 rings (SSSR count). The number of thiazole rings is 1. The third kappa shape index (κ3) is 4.77. The van der Waals surface area contributed by atoms with Gasteiger partial charge in [-0.1, -0.05) is 13.8 Å². The van der Waals surface area contributed by atoms with Crippen LogP contribution < -0.4 is 5.32 Å². The SMILES string of the molecule is CCn1nccc1C(=O)N[C@@H](CC(C)C)c1nc(C(=O)N2CCOCC2)cs1. The zero-order valence-electron chi connectivity index (χ0n) is 16.6. The molecule has 1 aliphatic rings. The monoisotopic (exact) mass is 405 g/mol. The molecule has 1 N–H and O–H groups in total. The van der Waals surface area contributed by atoms with Gasteiger partial charge >= 0.3 is 0 Å². The van der Waals surface area contributed by atoms with E-state index in [-0.39, 0.29) is 17.9 Å². The molecule has 8 nitrogen and oxygen atoms in total. The molecule has 2 aromatic rings. The molecule has 9 heteroatoms. The molecule has 0 aliphatic carbocycles. The van der Waals surface area contributed by atoms with Gasteiger partial charge in [0.1, 0.15) is 16.4 Å². The fourth-order valence-corrected chi connectivity index (χ4v) is 4.03. The zero-order chi connectivity index (χ0) is 20.1. The molecule has 152 valence electrons. The number of aryl methyl sites for hydroxylation is 1. The van der Waals surface area contributed by atoms with Gasteiger partial charge < -0.3 is 15.0 Å². The van der Waals surface area contributed by atoms with Gasteiger partial charge in [-0.15, -0.1) is 11.3 Å². The van der Waals surface area contributed by atoms with E-state index in [0.29, 0.717) is 50.2 Å². The molecule has 28 heavy (non-hydrogen) atoms. The molecule has 1 atom stereocenters. The number of carbonyl (C=O) groups is 2. The summed E-state index contributed by atoms with van der Waals surface area (Å²) in [6.45, 7) is 9.04. The van der Waals surface area contributed by atoms with E-state index in [9.17, 15) is 9.59 Å². The van der Waals surface area contributed by atoms with Crippen LogP contribution in [0, 0.1) is 5.92 Å². The molecule has 0 bridgehead atoms. The van der Waals surface area contributed by atoms with Crippen molar-refractivity contribution in [3.8, 4) is 0 Å². The highest BCUT2D eigenvalue weighted by atomic mass is 32.1. The van der Waals surface area contributed by atoms with Gasteiger partial charge in [0.2, 0.25) is 0 Å². The van der Waals surface area contributed by atoms with Crippen molar-refractivity contribution in [3.05, 3.63) is 34.0 Å². The van der Waals surface area contributed by atoms with Crippen LogP contribution in [0.4, 0.5) is 0 Å². The van der Waals surface area contributed by atoms with Crippen LogP contribution in [0.3, 0.4) is 0 Å². The van der Waals surface area contributed by atoms with Crippen LogP contribution in [-0.4, -0.2) is 57.8 Å². The molecular formula is C19H27N5O3S. The van der Waals surface area contributed by atoms with E-state index in [0.717, 1.165) is 11.4 Å². The Bertz CT molecular complexity index is 810. The van der Waals surface area contributed by atoms with Crippen molar-refractivity contribution in [2.24, 2.45) is 5.92 Å². The van der Waals surface area contributed by atoms with Gasteiger partial charge in [-0.2, -0.15) is 5.10 Å². The number of morpholine rings is 1. The first-order chi connectivity index (χ1) is 13.5. The van der Waals surface area contributed by atoms with Gasteiger partial charge in [-0.25, -0.2) is 4.98 Å². The molecule has 0 unspecified atom stereocenters. The third-order valence-corrected chi connectivity index (χ3v) is 5.56. The highest BCUT2D eigenvalue weighted by molar-refractivity contribution is 7.09. The average Bonchev–Trinajstić information content (AvgIpc) is 3.36. The second kappa shape index (κ2) is 9.29. The van der Waals surface area contributed by atoms with Gasteiger partial charge in [0.05, 0.1) is 19.3 Å². The van der Waals surface area contributed by atoms with Crippen molar-refractivity contribution in [2.45, 2.75) is 39.8 Å². The van der Waals surface area contributed by atoms with E-state index >= 15 is 0 Å². The number of amides is 2. The van der Waals surface area contributed by atoms with E-state index in [4.69, 9.17) is 4.74 Å². The van der Waals surface area contributed by atoms with Crippen LogP contribution in [0.2, 0.25) is 0 Å². The Kier molecular flexibility index (Phi) is 6.79. The maximum atomic E-state index is 12.8. The third-order valence-electron chi connectivity index (χ3n) is 4.60. The van der Waals surface area contributed by atoms with E-state index in [1.54, 1.807) is 27.2 Å². The van der Waals surface area contributed by atoms with Gasteiger partial charge in [0, 0.05) is 31.2 Å². The minimum absolute atomic E-state index is 0.0792. The van der Waals surface area contributed by atoms with Crippen molar-refractivity contribution in [2.75, 3.05) is 26.3 Å². The van der Waals surface area contributed by atoms with Crippen molar-refractivity contribution in [3.63, 3.8) is 0 Å². The number of nitrogens with one attached hydrogen (secondary N) is 1. The highest BCUT2D eigenvalue weighted by Crippen LogP contribution is 2.26. The van der Waals surface area contributed by atoms with E-state index in [1.165, 1.54) is 11.3 Å². The summed E-state index contributed by atoms with van der Waals surface area (Å²) in [5.74, 6) is 0.106. The van der Waals surface area contributed by atoms with Gasteiger partial charge in [-0.05, 0) is 25.3 Å². The second-order valence-electron chi connectivity index (χ2n) is 7.16.